The minimum Gasteiger partial charge on any atom is -0.467 e. The Kier molecular flexibility index (Phi) is 6.26. The number of rotatable bonds is 8. The van der Waals surface area contributed by atoms with Gasteiger partial charge in [0.15, 0.2) is 6.61 Å². The topological polar surface area (TPSA) is 105 Å². The van der Waals surface area contributed by atoms with E-state index >= 15 is 0 Å². The zero-order valence-corrected chi connectivity index (χ0v) is 16.5. The zero-order valence-electron chi connectivity index (χ0n) is 16.5. The van der Waals surface area contributed by atoms with Crippen LogP contribution in [0.5, 0.6) is 0 Å². The lowest BCUT2D eigenvalue weighted by Crippen LogP contribution is -2.13. The molecule has 3 aromatic rings. The Morgan fingerprint density at radius 3 is 2.70 bits per heavy atom. The van der Waals surface area contributed by atoms with Gasteiger partial charge in [0.2, 0.25) is 5.78 Å². The molecule has 0 aliphatic heterocycles. The van der Waals surface area contributed by atoms with Crippen LogP contribution >= 0.6 is 0 Å². The van der Waals surface area contributed by atoms with E-state index in [0.29, 0.717) is 17.7 Å². The number of ether oxygens (including phenoxy) is 1. The maximum atomic E-state index is 12.5. The molecule has 3 rings (SSSR count). The third-order valence-electron chi connectivity index (χ3n) is 4.61. The molecule has 0 aliphatic carbocycles. The van der Waals surface area contributed by atoms with Crippen molar-refractivity contribution < 1.29 is 23.7 Å². The van der Waals surface area contributed by atoms with Crippen molar-refractivity contribution in [2.75, 3.05) is 6.61 Å². The molecule has 0 N–H and O–H groups in total. The summed E-state index contributed by atoms with van der Waals surface area (Å²) in [5, 5.41) is 10.8. The van der Waals surface area contributed by atoms with Gasteiger partial charge in [-0.2, -0.15) is 0 Å². The highest BCUT2D eigenvalue weighted by Gasteiger charge is 2.17. The van der Waals surface area contributed by atoms with Gasteiger partial charge in [-0.25, -0.2) is 4.79 Å². The molecule has 2 heterocycles. The first kappa shape index (κ1) is 20.8. The van der Waals surface area contributed by atoms with Gasteiger partial charge in [0.05, 0.1) is 17.7 Å². The molecule has 0 amide bonds. The summed E-state index contributed by atoms with van der Waals surface area (Å²) in [6, 6.07) is 11.2. The fourth-order valence-corrected chi connectivity index (χ4v) is 3.05. The molecule has 0 unspecified atom stereocenters. The van der Waals surface area contributed by atoms with E-state index in [-0.39, 0.29) is 11.5 Å². The molecule has 0 radical (unpaired) electrons. The summed E-state index contributed by atoms with van der Waals surface area (Å²) in [6.07, 6.45) is 4.12. The quantitative estimate of drug-likeness (QED) is 0.183. The summed E-state index contributed by atoms with van der Waals surface area (Å²) in [5.41, 5.74) is 2.54. The number of furan rings is 1. The third-order valence-corrected chi connectivity index (χ3v) is 4.61. The minimum atomic E-state index is -0.709. The summed E-state index contributed by atoms with van der Waals surface area (Å²) >= 11 is 0. The van der Waals surface area contributed by atoms with E-state index in [1.165, 1.54) is 24.3 Å². The Labute approximate surface area is 172 Å². The Morgan fingerprint density at radius 1 is 1.20 bits per heavy atom. The maximum absolute atomic E-state index is 12.5. The molecule has 0 saturated carbocycles. The van der Waals surface area contributed by atoms with Gasteiger partial charge in [0, 0.05) is 35.2 Å². The number of benzene rings is 1. The number of nitrogens with zero attached hydrogens (tertiary/aromatic N) is 2. The standard InChI is InChI=1S/C22H20N2O6/c1-15-11-20(16(2)23(15)13-19-7-4-10-29-19)21(25)14-30-22(26)9-8-17-5-3-6-18(12-17)24(27)28/h3-12H,13-14H2,1-2H3/b9-8+. The summed E-state index contributed by atoms with van der Waals surface area (Å²) in [7, 11) is 0. The highest BCUT2D eigenvalue weighted by atomic mass is 16.6. The molecule has 2 aromatic heterocycles. The number of carbonyl (C=O) groups excluding carboxylic acids is 2. The number of nitro groups is 1. The normalized spacial score (nSPS) is 11.0. The second-order valence-corrected chi connectivity index (χ2v) is 6.67. The highest BCUT2D eigenvalue weighted by molar-refractivity contribution is 6.00. The van der Waals surface area contributed by atoms with Crippen molar-refractivity contribution in [1.82, 2.24) is 4.57 Å². The van der Waals surface area contributed by atoms with E-state index < -0.39 is 17.5 Å². The average molecular weight is 408 g/mol. The maximum Gasteiger partial charge on any atom is 0.331 e. The van der Waals surface area contributed by atoms with Crippen LogP contribution in [0.3, 0.4) is 0 Å². The summed E-state index contributed by atoms with van der Waals surface area (Å²) < 4.78 is 12.3. The van der Waals surface area contributed by atoms with E-state index in [1.807, 2.05) is 24.5 Å². The smallest absolute Gasteiger partial charge is 0.331 e. The van der Waals surface area contributed by atoms with Crippen molar-refractivity contribution in [3.63, 3.8) is 0 Å². The number of ketones is 1. The van der Waals surface area contributed by atoms with Crippen LogP contribution in [0, 0.1) is 24.0 Å². The van der Waals surface area contributed by atoms with Crippen molar-refractivity contribution in [2.45, 2.75) is 20.4 Å². The van der Waals surface area contributed by atoms with Gasteiger partial charge in [0.25, 0.3) is 5.69 Å². The number of non-ortho nitro benzene ring substituents is 1. The lowest BCUT2D eigenvalue weighted by Gasteiger charge is -2.08. The Balaban J connectivity index is 1.61. The molecule has 0 aliphatic rings. The lowest BCUT2D eigenvalue weighted by atomic mass is 10.1. The van der Waals surface area contributed by atoms with Crippen LogP contribution in [0.1, 0.15) is 33.1 Å². The molecular weight excluding hydrogens is 388 g/mol. The van der Waals surface area contributed by atoms with Gasteiger partial charge in [-0.3, -0.25) is 14.9 Å². The second kappa shape index (κ2) is 9.04. The van der Waals surface area contributed by atoms with Crippen LogP contribution in [-0.4, -0.2) is 27.8 Å². The van der Waals surface area contributed by atoms with Gasteiger partial charge < -0.3 is 13.7 Å². The number of hydrogen-bond donors (Lipinski definition) is 0. The van der Waals surface area contributed by atoms with Crippen LogP contribution in [0.4, 0.5) is 5.69 Å². The molecule has 30 heavy (non-hydrogen) atoms. The van der Waals surface area contributed by atoms with Gasteiger partial charge in [-0.15, -0.1) is 0 Å². The molecule has 8 heteroatoms. The number of hydrogen-bond acceptors (Lipinski definition) is 6. The van der Waals surface area contributed by atoms with Crippen LogP contribution in [0.15, 0.2) is 59.2 Å². The van der Waals surface area contributed by atoms with Crippen molar-refractivity contribution >= 4 is 23.5 Å². The van der Waals surface area contributed by atoms with Crippen LogP contribution in [0.25, 0.3) is 6.08 Å². The van der Waals surface area contributed by atoms with E-state index in [1.54, 1.807) is 24.5 Å². The number of carbonyl (C=O) groups is 2. The molecule has 0 spiro atoms. The van der Waals surface area contributed by atoms with Crippen molar-refractivity contribution in [1.29, 1.82) is 0 Å². The first-order valence-electron chi connectivity index (χ1n) is 9.16. The predicted octanol–water partition coefficient (Wildman–Crippen LogP) is 4.09. The lowest BCUT2D eigenvalue weighted by molar-refractivity contribution is -0.384. The van der Waals surface area contributed by atoms with Gasteiger partial charge in [-0.1, -0.05) is 12.1 Å². The van der Waals surface area contributed by atoms with Crippen LogP contribution in [-0.2, 0) is 16.1 Å². The van der Waals surface area contributed by atoms with Crippen molar-refractivity contribution in [2.24, 2.45) is 0 Å². The van der Waals surface area contributed by atoms with E-state index in [2.05, 4.69) is 0 Å². The molecule has 0 saturated heterocycles. The van der Waals surface area contributed by atoms with Gasteiger partial charge in [0.1, 0.15) is 5.76 Å². The van der Waals surface area contributed by atoms with Crippen molar-refractivity contribution in [3.05, 3.63) is 93.2 Å². The highest BCUT2D eigenvalue weighted by Crippen LogP contribution is 2.18. The van der Waals surface area contributed by atoms with E-state index in [4.69, 9.17) is 9.15 Å². The van der Waals surface area contributed by atoms with Gasteiger partial charge in [-0.05, 0) is 43.7 Å². The number of nitro benzene ring substituents is 1. The number of Topliss-reactive ketones (excluding diaryl/α,β-unsaturated/α-hetero) is 1. The fraction of sp³-hybridized carbons (Fsp3) is 0.182. The Morgan fingerprint density at radius 2 is 2.00 bits per heavy atom. The van der Waals surface area contributed by atoms with Crippen molar-refractivity contribution in [3.8, 4) is 0 Å². The second-order valence-electron chi connectivity index (χ2n) is 6.67. The summed E-state index contributed by atoms with van der Waals surface area (Å²) in [4.78, 5) is 34.7. The molecule has 154 valence electrons. The molecule has 0 bridgehead atoms. The van der Waals surface area contributed by atoms with Crippen LogP contribution in [0.2, 0.25) is 0 Å². The number of aromatic nitrogens is 1. The zero-order chi connectivity index (χ0) is 21.7. The first-order chi connectivity index (χ1) is 14.3. The fourth-order valence-electron chi connectivity index (χ4n) is 3.05. The Hall–Kier alpha value is -3.94. The SMILES string of the molecule is Cc1cc(C(=O)COC(=O)/C=C/c2cccc([N+](=O)[O-])c2)c(C)n1Cc1ccco1. The third kappa shape index (κ3) is 4.91. The van der Waals surface area contributed by atoms with E-state index in [0.717, 1.165) is 23.2 Å². The van der Waals surface area contributed by atoms with E-state index in [9.17, 15) is 19.7 Å². The molecule has 1 aromatic carbocycles. The molecule has 8 nitrogen and oxygen atoms in total. The summed E-state index contributed by atoms with van der Waals surface area (Å²) in [6.45, 7) is 3.82. The van der Waals surface area contributed by atoms with Crippen LogP contribution < -0.4 is 0 Å². The Bertz CT molecular complexity index is 1110. The molecular formula is C22H20N2O6. The monoisotopic (exact) mass is 408 g/mol. The predicted molar refractivity (Wildman–Crippen MR) is 109 cm³/mol. The number of aryl methyl sites for hydroxylation is 1. The average Bonchev–Trinajstić information content (AvgIpc) is 3.34. The molecule has 0 fully saturated rings. The van der Waals surface area contributed by atoms with Gasteiger partial charge >= 0.3 is 5.97 Å². The number of esters is 1. The first-order valence-corrected chi connectivity index (χ1v) is 9.16. The molecule has 0 atom stereocenters. The largest absolute Gasteiger partial charge is 0.467 e. The minimum absolute atomic E-state index is 0.0781. The summed E-state index contributed by atoms with van der Waals surface area (Å²) in [5.74, 6) is -0.251.